The van der Waals surface area contributed by atoms with Crippen LogP contribution in [-0.2, 0) is 4.79 Å². The van der Waals surface area contributed by atoms with E-state index in [2.05, 4.69) is 21.2 Å². The number of nitrogens with one attached hydrogen (secondary N) is 1. The Kier molecular flexibility index (Phi) is 4.82. The Morgan fingerprint density at radius 2 is 2.14 bits per heavy atom. The van der Waals surface area contributed by atoms with E-state index in [0.717, 1.165) is 0 Å². The third-order valence-electron chi connectivity index (χ3n) is 3.47. The van der Waals surface area contributed by atoms with E-state index in [1.54, 1.807) is 0 Å². The molecule has 1 aromatic rings. The Hall–Kier alpha value is -1.63. The smallest absolute Gasteiger partial charge is 0.321 e. The van der Waals surface area contributed by atoms with Gasteiger partial charge in [0.1, 0.15) is 5.82 Å². The first-order valence-corrected chi connectivity index (χ1v) is 7.40. The fourth-order valence-electron chi connectivity index (χ4n) is 2.48. The highest BCUT2D eigenvalue weighted by molar-refractivity contribution is 9.10. The molecule has 1 saturated heterocycles. The average Bonchev–Trinajstić information content (AvgIpc) is 2.42. The van der Waals surface area contributed by atoms with Gasteiger partial charge in [0.25, 0.3) is 0 Å². The molecular formula is C14H16BrFN2O3. The second kappa shape index (κ2) is 6.43. The number of urea groups is 1. The summed E-state index contributed by atoms with van der Waals surface area (Å²) >= 11 is 3.24. The van der Waals surface area contributed by atoms with E-state index in [9.17, 15) is 14.0 Å². The van der Waals surface area contributed by atoms with Gasteiger partial charge in [0.15, 0.2) is 0 Å². The Labute approximate surface area is 130 Å². The second-order valence-corrected chi connectivity index (χ2v) is 6.19. The number of anilines is 1. The molecule has 2 rings (SSSR count). The average molecular weight is 359 g/mol. The van der Waals surface area contributed by atoms with Gasteiger partial charge in [0.2, 0.25) is 0 Å². The van der Waals surface area contributed by atoms with E-state index in [4.69, 9.17) is 5.11 Å². The van der Waals surface area contributed by atoms with Crippen LogP contribution in [0.1, 0.15) is 13.3 Å². The summed E-state index contributed by atoms with van der Waals surface area (Å²) in [5, 5.41) is 11.7. The molecule has 1 aromatic carbocycles. The Morgan fingerprint density at radius 3 is 2.81 bits per heavy atom. The maximum Gasteiger partial charge on any atom is 0.321 e. The van der Waals surface area contributed by atoms with Crippen molar-refractivity contribution in [1.29, 1.82) is 0 Å². The predicted molar refractivity (Wildman–Crippen MR) is 79.6 cm³/mol. The fraction of sp³-hybridized carbons (Fsp3) is 0.429. The number of amides is 2. The largest absolute Gasteiger partial charge is 0.481 e. The number of carbonyl (C=O) groups excluding carboxylic acids is 1. The van der Waals surface area contributed by atoms with Gasteiger partial charge in [0.05, 0.1) is 11.6 Å². The van der Waals surface area contributed by atoms with E-state index in [1.807, 2.05) is 6.92 Å². The minimum absolute atomic E-state index is 0.113. The summed E-state index contributed by atoms with van der Waals surface area (Å²) in [7, 11) is 0. The lowest BCUT2D eigenvalue weighted by Crippen LogP contribution is -2.47. The van der Waals surface area contributed by atoms with Crippen molar-refractivity contribution in [3.8, 4) is 0 Å². The zero-order valence-electron chi connectivity index (χ0n) is 11.5. The van der Waals surface area contributed by atoms with Crippen molar-refractivity contribution in [3.63, 3.8) is 0 Å². The number of hydrogen-bond acceptors (Lipinski definition) is 2. The highest BCUT2D eigenvalue weighted by atomic mass is 79.9. The van der Waals surface area contributed by atoms with Crippen LogP contribution in [0.2, 0.25) is 0 Å². The van der Waals surface area contributed by atoms with Gasteiger partial charge in [-0.25, -0.2) is 9.18 Å². The van der Waals surface area contributed by atoms with Crippen LogP contribution in [-0.4, -0.2) is 35.1 Å². The number of halogens is 2. The number of likely N-dealkylation sites (tertiary alicyclic amines) is 1. The van der Waals surface area contributed by atoms with Gasteiger partial charge in [-0.1, -0.05) is 6.92 Å². The number of benzene rings is 1. The van der Waals surface area contributed by atoms with Gasteiger partial charge in [0, 0.05) is 17.6 Å². The first kappa shape index (κ1) is 15.8. The van der Waals surface area contributed by atoms with Crippen molar-refractivity contribution < 1.29 is 19.1 Å². The van der Waals surface area contributed by atoms with Crippen LogP contribution in [0, 0.1) is 17.7 Å². The SMILES string of the molecule is CC1CC(C(=O)O)CN(C(=O)Nc2cc(F)ccc2Br)C1. The topological polar surface area (TPSA) is 69.6 Å². The van der Waals surface area contributed by atoms with Crippen LogP contribution >= 0.6 is 15.9 Å². The molecule has 0 aromatic heterocycles. The van der Waals surface area contributed by atoms with E-state index in [1.165, 1.54) is 23.1 Å². The molecule has 0 radical (unpaired) electrons. The van der Waals surface area contributed by atoms with E-state index < -0.39 is 23.7 Å². The van der Waals surface area contributed by atoms with Gasteiger partial charge in [-0.15, -0.1) is 0 Å². The lowest BCUT2D eigenvalue weighted by molar-refractivity contribution is -0.143. The zero-order valence-corrected chi connectivity index (χ0v) is 13.1. The van der Waals surface area contributed by atoms with Crippen molar-refractivity contribution in [2.24, 2.45) is 11.8 Å². The first-order chi connectivity index (χ1) is 9.86. The molecule has 0 spiro atoms. The van der Waals surface area contributed by atoms with Gasteiger partial charge in [-0.2, -0.15) is 0 Å². The number of carboxylic acid groups (broad SMARTS) is 1. The molecule has 1 fully saturated rings. The maximum absolute atomic E-state index is 13.2. The molecule has 2 atom stereocenters. The molecular weight excluding hydrogens is 343 g/mol. The summed E-state index contributed by atoms with van der Waals surface area (Å²) in [6, 6.07) is 3.58. The van der Waals surface area contributed by atoms with Crippen LogP contribution in [0.15, 0.2) is 22.7 Å². The lowest BCUT2D eigenvalue weighted by atomic mass is 9.91. The Bertz CT molecular complexity index is 567. The third-order valence-corrected chi connectivity index (χ3v) is 4.16. The van der Waals surface area contributed by atoms with Crippen LogP contribution in [0.5, 0.6) is 0 Å². The number of piperidine rings is 1. The minimum Gasteiger partial charge on any atom is -0.481 e. The highest BCUT2D eigenvalue weighted by Crippen LogP contribution is 2.26. The fourth-order valence-corrected chi connectivity index (χ4v) is 2.83. The highest BCUT2D eigenvalue weighted by Gasteiger charge is 2.32. The molecule has 2 amide bonds. The molecule has 7 heteroatoms. The van der Waals surface area contributed by atoms with Gasteiger partial charge < -0.3 is 15.3 Å². The molecule has 5 nitrogen and oxygen atoms in total. The molecule has 0 aliphatic carbocycles. The third kappa shape index (κ3) is 3.93. The summed E-state index contributed by atoms with van der Waals surface area (Å²) in [6.45, 7) is 2.56. The molecule has 21 heavy (non-hydrogen) atoms. The van der Waals surface area contributed by atoms with Gasteiger partial charge in [-0.3, -0.25) is 4.79 Å². The maximum atomic E-state index is 13.2. The van der Waals surface area contributed by atoms with Gasteiger partial charge in [-0.05, 0) is 46.5 Å². The number of carbonyl (C=O) groups is 2. The minimum atomic E-state index is -0.897. The predicted octanol–water partition coefficient (Wildman–Crippen LogP) is 3.16. The number of nitrogens with zero attached hydrogens (tertiary/aromatic N) is 1. The molecule has 2 N–H and O–H groups in total. The molecule has 1 aliphatic heterocycles. The van der Waals surface area contributed by atoms with E-state index >= 15 is 0 Å². The summed E-state index contributed by atoms with van der Waals surface area (Å²) < 4.78 is 13.8. The van der Waals surface area contributed by atoms with Crippen LogP contribution < -0.4 is 5.32 Å². The van der Waals surface area contributed by atoms with Crippen molar-refractivity contribution >= 4 is 33.6 Å². The lowest BCUT2D eigenvalue weighted by Gasteiger charge is -2.34. The van der Waals surface area contributed by atoms with Crippen molar-refractivity contribution in [2.45, 2.75) is 13.3 Å². The molecule has 0 saturated carbocycles. The Balaban J connectivity index is 2.08. The zero-order chi connectivity index (χ0) is 15.6. The Morgan fingerprint density at radius 1 is 1.43 bits per heavy atom. The van der Waals surface area contributed by atoms with Crippen molar-refractivity contribution in [3.05, 3.63) is 28.5 Å². The standard InChI is InChI=1S/C14H16BrFN2O3/c1-8-4-9(13(19)20)7-18(6-8)14(21)17-12-5-10(16)2-3-11(12)15/h2-3,5,8-9H,4,6-7H2,1H3,(H,17,21)(H,19,20). The van der Waals surface area contributed by atoms with Crippen LogP contribution in [0.25, 0.3) is 0 Å². The first-order valence-electron chi connectivity index (χ1n) is 6.60. The van der Waals surface area contributed by atoms with Crippen LogP contribution in [0.4, 0.5) is 14.9 Å². The summed E-state index contributed by atoms with van der Waals surface area (Å²) in [4.78, 5) is 24.8. The van der Waals surface area contributed by atoms with Crippen LogP contribution in [0.3, 0.4) is 0 Å². The van der Waals surface area contributed by atoms with E-state index in [-0.39, 0.29) is 12.5 Å². The molecule has 0 bridgehead atoms. The molecule has 114 valence electrons. The van der Waals surface area contributed by atoms with E-state index in [0.29, 0.717) is 23.1 Å². The number of carboxylic acids is 1. The quantitative estimate of drug-likeness (QED) is 0.852. The summed E-state index contributed by atoms with van der Waals surface area (Å²) in [6.07, 6.45) is 0.558. The number of aliphatic carboxylic acids is 1. The second-order valence-electron chi connectivity index (χ2n) is 5.34. The van der Waals surface area contributed by atoms with Gasteiger partial charge >= 0.3 is 12.0 Å². The monoisotopic (exact) mass is 358 g/mol. The summed E-state index contributed by atoms with van der Waals surface area (Å²) in [5.74, 6) is -1.80. The molecule has 1 aliphatic rings. The van der Waals surface area contributed by atoms with Crippen molar-refractivity contribution in [1.82, 2.24) is 4.90 Å². The normalized spacial score (nSPS) is 22.0. The summed E-state index contributed by atoms with van der Waals surface area (Å²) in [5.41, 5.74) is 0.324. The number of rotatable bonds is 2. The molecule has 1 heterocycles. The molecule has 2 unspecified atom stereocenters. The number of hydrogen-bond donors (Lipinski definition) is 2. The van der Waals surface area contributed by atoms with Crippen molar-refractivity contribution in [2.75, 3.05) is 18.4 Å².